The standard InChI is InChI=1S/C21H23ClN6OS/c1-13(23)19-21(24)26-18-10-14(12-28-6-8-30(29)9-7-28)25-11-16(18)20(27-19)15-4-2-3-5-17(15)22/h2-5,10-11,24-25H,6-9,12,23H2,1H3/b19-13+,24-21?. The zero-order valence-electron chi connectivity index (χ0n) is 16.6. The molecule has 0 saturated carbocycles. The van der Waals surface area contributed by atoms with E-state index in [1.54, 1.807) is 6.92 Å². The molecule has 0 aliphatic carbocycles. The summed E-state index contributed by atoms with van der Waals surface area (Å²) in [6.07, 6.45) is 3.80. The fourth-order valence-corrected chi connectivity index (χ4v) is 4.86. The van der Waals surface area contributed by atoms with E-state index >= 15 is 0 Å². The van der Waals surface area contributed by atoms with Gasteiger partial charge >= 0.3 is 0 Å². The molecule has 0 bridgehead atoms. The summed E-state index contributed by atoms with van der Waals surface area (Å²) < 4.78 is 11.6. The zero-order chi connectivity index (χ0) is 21.3. The Labute approximate surface area is 182 Å². The molecule has 7 nitrogen and oxygen atoms in total. The van der Waals surface area contributed by atoms with Crippen molar-refractivity contribution in [1.29, 1.82) is 5.41 Å². The van der Waals surface area contributed by atoms with Crippen LogP contribution in [0.25, 0.3) is 29.2 Å². The van der Waals surface area contributed by atoms with Crippen LogP contribution in [0.4, 0.5) is 0 Å². The molecule has 1 saturated heterocycles. The van der Waals surface area contributed by atoms with Crippen LogP contribution >= 0.6 is 11.6 Å². The van der Waals surface area contributed by atoms with Crippen LogP contribution in [0.5, 0.6) is 0 Å². The largest absolute Gasteiger partial charge is 0.400 e. The van der Waals surface area contributed by atoms with Gasteiger partial charge in [-0.2, -0.15) is 0 Å². The topological polar surface area (TPSA) is 108 Å². The van der Waals surface area contributed by atoms with Crippen molar-refractivity contribution in [1.82, 2.24) is 20.2 Å². The summed E-state index contributed by atoms with van der Waals surface area (Å²) in [4.78, 5) is 11.5. The average molecular weight is 443 g/mol. The van der Waals surface area contributed by atoms with E-state index in [0.717, 1.165) is 29.6 Å². The number of hydrogen-bond acceptors (Lipinski definition) is 7. The van der Waals surface area contributed by atoms with Crippen LogP contribution in [0.2, 0.25) is 5.02 Å². The molecule has 9 heteroatoms. The first kappa shape index (κ1) is 20.7. The minimum Gasteiger partial charge on any atom is -0.400 e. The summed E-state index contributed by atoms with van der Waals surface area (Å²) in [5.41, 5.74) is 9.43. The Kier molecular flexibility index (Phi) is 5.99. The molecule has 0 radical (unpaired) electrons. The summed E-state index contributed by atoms with van der Waals surface area (Å²) in [5, 5.41) is 13.4. The molecule has 0 amide bonds. The molecule has 2 aliphatic heterocycles. The Morgan fingerprint density at radius 2 is 2.03 bits per heavy atom. The SMILES string of the molecule is C/C(N)=c1\nc(-c2ccccc2Cl)c2c(nc1=N)C=C(CN1CCS(=O)CC1)NC=2. The van der Waals surface area contributed by atoms with Crippen LogP contribution in [0.15, 0.2) is 30.0 Å². The third kappa shape index (κ3) is 4.30. The Morgan fingerprint density at radius 3 is 2.73 bits per heavy atom. The van der Waals surface area contributed by atoms with Gasteiger partial charge in [0.2, 0.25) is 0 Å². The molecule has 3 heterocycles. The van der Waals surface area contributed by atoms with Gasteiger partial charge in [-0.3, -0.25) is 14.5 Å². The van der Waals surface area contributed by atoms with Gasteiger partial charge in [-0.1, -0.05) is 29.8 Å². The molecule has 0 unspecified atom stereocenters. The Bertz CT molecular complexity index is 1230. The molecule has 4 rings (SSSR count). The van der Waals surface area contributed by atoms with E-state index in [1.165, 1.54) is 0 Å². The highest BCUT2D eigenvalue weighted by molar-refractivity contribution is 7.85. The molecule has 0 spiro atoms. The van der Waals surface area contributed by atoms with Gasteiger partial charge in [0.15, 0.2) is 5.49 Å². The maximum Gasteiger partial charge on any atom is 0.173 e. The minimum atomic E-state index is -0.708. The predicted octanol–water partition coefficient (Wildman–Crippen LogP) is 0.110. The van der Waals surface area contributed by atoms with Crippen LogP contribution < -0.4 is 27.1 Å². The average Bonchev–Trinajstić information content (AvgIpc) is 2.86. The van der Waals surface area contributed by atoms with Crippen LogP contribution in [0.1, 0.15) is 12.6 Å². The molecular formula is C21H23ClN6OS. The maximum absolute atomic E-state index is 11.6. The fraction of sp³-hybridized carbons (Fsp3) is 0.286. The highest BCUT2D eigenvalue weighted by Crippen LogP contribution is 2.23. The number of nitrogens with one attached hydrogen (secondary N) is 2. The molecule has 2 aliphatic rings. The van der Waals surface area contributed by atoms with Crippen molar-refractivity contribution in [3.8, 4) is 11.3 Å². The lowest BCUT2D eigenvalue weighted by atomic mass is 10.1. The van der Waals surface area contributed by atoms with E-state index in [-0.39, 0.29) is 5.49 Å². The van der Waals surface area contributed by atoms with Crippen molar-refractivity contribution in [2.75, 3.05) is 31.1 Å². The summed E-state index contributed by atoms with van der Waals surface area (Å²) in [5.74, 6) is 1.40. The van der Waals surface area contributed by atoms with Gasteiger partial charge in [-0.15, -0.1) is 0 Å². The number of fused-ring (bicyclic) bond motifs is 1. The fourth-order valence-electron chi connectivity index (χ4n) is 3.50. The molecule has 1 aromatic carbocycles. The quantitative estimate of drug-likeness (QED) is 0.622. The predicted molar refractivity (Wildman–Crippen MR) is 121 cm³/mol. The molecule has 4 N–H and O–H groups in total. The lowest BCUT2D eigenvalue weighted by molar-refractivity contribution is 0.322. The van der Waals surface area contributed by atoms with Crippen molar-refractivity contribution in [2.24, 2.45) is 5.73 Å². The number of nitrogens with zero attached hydrogens (tertiary/aromatic N) is 3. The van der Waals surface area contributed by atoms with E-state index < -0.39 is 10.8 Å². The van der Waals surface area contributed by atoms with Crippen molar-refractivity contribution in [3.05, 3.63) is 56.7 Å². The molecule has 30 heavy (non-hydrogen) atoms. The molecule has 1 aromatic heterocycles. The molecule has 0 atom stereocenters. The smallest absolute Gasteiger partial charge is 0.173 e. The van der Waals surface area contributed by atoms with Gasteiger partial charge in [-0.05, 0) is 19.1 Å². The third-order valence-corrected chi connectivity index (χ3v) is 6.70. The molecule has 1 fully saturated rings. The van der Waals surface area contributed by atoms with Gasteiger partial charge < -0.3 is 11.1 Å². The van der Waals surface area contributed by atoms with Gasteiger partial charge in [0.05, 0.1) is 11.4 Å². The lowest BCUT2D eigenvalue weighted by Gasteiger charge is -2.27. The van der Waals surface area contributed by atoms with Crippen molar-refractivity contribution >= 4 is 40.4 Å². The van der Waals surface area contributed by atoms with Gasteiger partial charge in [0, 0.05) is 75.3 Å². The van der Waals surface area contributed by atoms with E-state index in [4.69, 9.17) is 22.7 Å². The van der Waals surface area contributed by atoms with Crippen molar-refractivity contribution in [2.45, 2.75) is 6.92 Å². The molecular weight excluding hydrogens is 420 g/mol. The van der Waals surface area contributed by atoms with Gasteiger partial charge in [0.25, 0.3) is 0 Å². The number of benzene rings is 1. The Balaban J connectivity index is 1.85. The van der Waals surface area contributed by atoms with Crippen LogP contribution in [0, 0.1) is 5.41 Å². The Hall–Kier alpha value is -2.55. The summed E-state index contributed by atoms with van der Waals surface area (Å²) >= 11 is 6.46. The van der Waals surface area contributed by atoms with Crippen molar-refractivity contribution < 1.29 is 4.21 Å². The number of aromatic nitrogens is 2. The molecule has 156 valence electrons. The maximum atomic E-state index is 11.6. The first-order valence-electron chi connectivity index (χ1n) is 9.65. The number of halogens is 1. The van der Waals surface area contributed by atoms with Gasteiger partial charge in [-0.25, -0.2) is 9.97 Å². The summed E-state index contributed by atoms with van der Waals surface area (Å²) in [6.45, 7) is 4.01. The highest BCUT2D eigenvalue weighted by atomic mass is 35.5. The van der Waals surface area contributed by atoms with E-state index in [2.05, 4.69) is 20.2 Å². The van der Waals surface area contributed by atoms with E-state index in [9.17, 15) is 4.21 Å². The number of nitrogens with two attached hydrogens (primary N) is 1. The van der Waals surface area contributed by atoms with Gasteiger partial charge in [0.1, 0.15) is 5.35 Å². The number of rotatable bonds is 3. The van der Waals surface area contributed by atoms with Crippen LogP contribution in [0.3, 0.4) is 0 Å². The first-order valence-corrected chi connectivity index (χ1v) is 11.5. The Morgan fingerprint density at radius 1 is 1.30 bits per heavy atom. The highest BCUT2D eigenvalue weighted by Gasteiger charge is 2.18. The molecule has 2 aromatic rings. The summed E-state index contributed by atoms with van der Waals surface area (Å²) in [7, 11) is -0.708. The van der Waals surface area contributed by atoms with E-state index in [1.807, 2.05) is 36.5 Å². The summed E-state index contributed by atoms with van der Waals surface area (Å²) in [6, 6.07) is 7.46. The third-order valence-electron chi connectivity index (χ3n) is 5.09. The van der Waals surface area contributed by atoms with Crippen LogP contribution in [-0.4, -0.2) is 50.2 Å². The number of hydrogen-bond donors (Lipinski definition) is 3. The van der Waals surface area contributed by atoms with Crippen molar-refractivity contribution in [3.63, 3.8) is 0 Å². The minimum absolute atomic E-state index is 0.0174. The zero-order valence-corrected chi connectivity index (χ0v) is 18.2. The normalized spacial score (nSPS) is 18.0. The lowest BCUT2D eigenvalue weighted by Crippen LogP contribution is -2.40. The van der Waals surface area contributed by atoms with Crippen LogP contribution in [-0.2, 0) is 10.8 Å². The second-order valence-corrected chi connectivity index (χ2v) is 9.42. The monoisotopic (exact) mass is 442 g/mol. The first-order chi connectivity index (χ1) is 14.4. The second kappa shape index (κ2) is 8.67. The second-order valence-electron chi connectivity index (χ2n) is 7.31. The van der Waals surface area contributed by atoms with E-state index in [0.29, 0.717) is 45.5 Å².